The molecule has 1 fully saturated rings. The molecule has 0 saturated carbocycles. The molecular formula is C27H27FN2O3. The topological polar surface area (TPSA) is 72.6 Å². The first kappa shape index (κ1) is 22.5. The summed E-state index contributed by atoms with van der Waals surface area (Å²) in [5.74, 6) is -0.112. The number of methoxy groups -OCH3 is 1. The number of para-hydroxylation sites is 1. The van der Waals surface area contributed by atoms with E-state index in [1.165, 1.54) is 12.1 Å². The fourth-order valence-electron chi connectivity index (χ4n) is 4.53. The minimum absolute atomic E-state index is 0.0974. The number of halogens is 1. The zero-order chi connectivity index (χ0) is 23.4. The van der Waals surface area contributed by atoms with Crippen LogP contribution in [-0.2, 0) is 22.4 Å². The number of nitrogens with two attached hydrogens (primary N) is 1. The van der Waals surface area contributed by atoms with E-state index < -0.39 is 11.3 Å². The van der Waals surface area contributed by atoms with E-state index in [1.807, 2.05) is 48.5 Å². The molecule has 4 rings (SSSR count). The van der Waals surface area contributed by atoms with Gasteiger partial charge in [-0.2, -0.15) is 0 Å². The van der Waals surface area contributed by atoms with Crippen molar-refractivity contribution in [1.29, 1.82) is 0 Å². The molecule has 0 aliphatic carbocycles. The molecular weight excluding hydrogens is 419 g/mol. The summed E-state index contributed by atoms with van der Waals surface area (Å²) in [6.45, 7) is 0.723. The van der Waals surface area contributed by atoms with Gasteiger partial charge in [-0.3, -0.25) is 9.59 Å². The number of benzene rings is 3. The van der Waals surface area contributed by atoms with Crippen LogP contribution in [0, 0.1) is 11.2 Å². The van der Waals surface area contributed by atoms with Gasteiger partial charge in [0.15, 0.2) is 0 Å². The van der Waals surface area contributed by atoms with Crippen LogP contribution in [0.2, 0.25) is 0 Å². The van der Waals surface area contributed by atoms with Gasteiger partial charge in [-0.25, -0.2) is 4.39 Å². The summed E-state index contributed by atoms with van der Waals surface area (Å²) in [4.78, 5) is 26.9. The number of rotatable bonds is 7. The summed E-state index contributed by atoms with van der Waals surface area (Å²) in [5, 5.41) is 0. The highest BCUT2D eigenvalue weighted by atomic mass is 19.1. The lowest BCUT2D eigenvalue weighted by atomic mass is 9.80. The van der Waals surface area contributed by atoms with Crippen molar-refractivity contribution in [2.45, 2.75) is 19.3 Å². The third-order valence-electron chi connectivity index (χ3n) is 6.39. The van der Waals surface area contributed by atoms with Crippen molar-refractivity contribution in [3.8, 4) is 16.9 Å². The molecule has 0 unspecified atom stereocenters. The number of nitrogens with zero attached hydrogens (tertiary/aromatic N) is 1. The van der Waals surface area contributed by atoms with Crippen molar-refractivity contribution in [2.24, 2.45) is 11.1 Å². The molecule has 33 heavy (non-hydrogen) atoms. The first-order valence-electron chi connectivity index (χ1n) is 10.9. The van der Waals surface area contributed by atoms with Crippen molar-refractivity contribution >= 4 is 11.8 Å². The van der Waals surface area contributed by atoms with Crippen LogP contribution in [-0.4, -0.2) is 36.9 Å². The van der Waals surface area contributed by atoms with Gasteiger partial charge in [-0.1, -0.05) is 54.6 Å². The Morgan fingerprint density at radius 3 is 2.48 bits per heavy atom. The van der Waals surface area contributed by atoms with Crippen LogP contribution in [0.1, 0.15) is 17.5 Å². The number of amides is 2. The van der Waals surface area contributed by atoms with Gasteiger partial charge in [-0.15, -0.1) is 0 Å². The van der Waals surface area contributed by atoms with Gasteiger partial charge in [0.2, 0.25) is 11.8 Å². The maximum Gasteiger partial charge on any atom is 0.227 e. The van der Waals surface area contributed by atoms with Crippen LogP contribution in [0.3, 0.4) is 0 Å². The standard InChI is InChI=1S/C27H27FN2O3/c1-33-24-8-3-2-7-23(24)21-11-9-19(10-12-21)17-27(26(29)32)13-14-30(18-27)25(31)16-20-5-4-6-22(28)15-20/h2-12,15H,13-14,16-18H2,1H3,(H2,29,32)/t27-/m0/s1. The molecule has 6 heteroatoms. The van der Waals surface area contributed by atoms with Gasteiger partial charge in [-0.05, 0) is 47.7 Å². The molecule has 170 valence electrons. The molecule has 1 aliphatic heterocycles. The summed E-state index contributed by atoms with van der Waals surface area (Å²) in [6, 6.07) is 21.8. The Labute approximate surface area is 193 Å². The van der Waals surface area contributed by atoms with Crippen LogP contribution in [0.4, 0.5) is 4.39 Å². The predicted octanol–water partition coefficient (Wildman–Crippen LogP) is 3.99. The Bertz CT molecular complexity index is 1160. The van der Waals surface area contributed by atoms with Crippen molar-refractivity contribution < 1.29 is 18.7 Å². The van der Waals surface area contributed by atoms with Crippen molar-refractivity contribution in [3.63, 3.8) is 0 Å². The van der Waals surface area contributed by atoms with E-state index in [9.17, 15) is 14.0 Å². The molecule has 2 amide bonds. The number of hydrogen-bond donors (Lipinski definition) is 1. The zero-order valence-corrected chi connectivity index (χ0v) is 18.6. The average Bonchev–Trinajstić information content (AvgIpc) is 3.25. The molecule has 1 aliphatic rings. The fraction of sp³-hybridized carbons (Fsp3) is 0.259. The third kappa shape index (κ3) is 4.90. The molecule has 0 aromatic heterocycles. The Balaban J connectivity index is 1.47. The van der Waals surface area contributed by atoms with Crippen LogP contribution in [0.15, 0.2) is 72.8 Å². The van der Waals surface area contributed by atoms with Crippen molar-refractivity contribution in [1.82, 2.24) is 4.90 Å². The molecule has 1 heterocycles. The molecule has 1 saturated heterocycles. The van der Waals surface area contributed by atoms with Gasteiger partial charge >= 0.3 is 0 Å². The Morgan fingerprint density at radius 2 is 1.79 bits per heavy atom. The van der Waals surface area contributed by atoms with E-state index in [0.717, 1.165) is 22.4 Å². The van der Waals surface area contributed by atoms with Gasteiger partial charge < -0.3 is 15.4 Å². The molecule has 0 bridgehead atoms. The highest BCUT2D eigenvalue weighted by Crippen LogP contribution is 2.36. The van der Waals surface area contributed by atoms with E-state index in [-0.39, 0.29) is 24.7 Å². The monoisotopic (exact) mass is 446 g/mol. The summed E-state index contributed by atoms with van der Waals surface area (Å²) >= 11 is 0. The first-order chi connectivity index (χ1) is 15.9. The molecule has 5 nitrogen and oxygen atoms in total. The van der Waals surface area contributed by atoms with Gasteiger partial charge in [0.25, 0.3) is 0 Å². The summed E-state index contributed by atoms with van der Waals surface area (Å²) < 4.78 is 18.9. The van der Waals surface area contributed by atoms with Crippen LogP contribution >= 0.6 is 0 Å². The first-order valence-corrected chi connectivity index (χ1v) is 10.9. The number of ether oxygens (including phenoxy) is 1. The second-order valence-corrected chi connectivity index (χ2v) is 8.59. The van der Waals surface area contributed by atoms with E-state index in [2.05, 4.69) is 0 Å². The molecule has 1 atom stereocenters. The minimum Gasteiger partial charge on any atom is -0.496 e. The smallest absolute Gasteiger partial charge is 0.227 e. The zero-order valence-electron chi connectivity index (χ0n) is 18.6. The lowest BCUT2D eigenvalue weighted by molar-refractivity contribution is -0.131. The largest absolute Gasteiger partial charge is 0.496 e. The minimum atomic E-state index is -0.816. The number of carbonyl (C=O) groups excluding carboxylic acids is 2. The van der Waals surface area contributed by atoms with Crippen LogP contribution < -0.4 is 10.5 Å². The third-order valence-corrected chi connectivity index (χ3v) is 6.39. The number of carbonyl (C=O) groups is 2. The molecule has 0 spiro atoms. The van der Waals surface area contributed by atoms with Gasteiger partial charge in [0.1, 0.15) is 11.6 Å². The highest BCUT2D eigenvalue weighted by Gasteiger charge is 2.44. The van der Waals surface area contributed by atoms with E-state index in [0.29, 0.717) is 24.9 Å². The number of hydrogen-bond acceptors (Lipinski definition) is 3. The van der Waals surface area contributed by atoms with E-state index >= 15 is 0 Å². The maximum atomic E-state index is 13.5. The predicted molar refractivity (Wildman–Crippen MR) is 125 cm³/mol. The van der Waals surface area contributed by atoms with Crippen LogP contribution in [0.5, 0.6) is 5.75 Å². The van der Waals surface area contributed by atoms with Crippen molar-refractivity contribution in [3.05, 3.63) is 89.7 Å². The Morgan fingerprint density at radius 1 is 1.03 bits per heavy atom. The lowest BCUT2D eigenvalue weighted by Crippen LogP contribution is -2.42. The quantitative estimate of drug-likeness (QED) is 0.597. The van der Waals surface area contributed by atoms with Crippen molar-refractivity contribution in [2.75, 3.05) is 20.2 Å². The second kappa shape index (κ2) is 9.45. The van der Waals surface area contributed by atoms with Crippen LogP contribution in [0.25, 0.3) is 11.1 Å². The number of likely N-dealkylation sites (tertiary alicyclic amines) is 1. The van der Waals surface area contributed by atoms with E-state index in [4.69, 9.17) is 10.5 Å². The SMILES string of the molecule is COc1ccccc1-c1ccc(C[C@@]2(C(N)=O)CCN(C(=O)Cc3cccc(F)c3)C2)cc1. The molecule has 2 N–H and O–H groups in total. The highest BCUT2D eigenvalue weighted by molar-refractivity contribution is 5.85. The lowest BCUT2D eigenvalue weighted by Gasteiger charge is -2.26. The summed E-state index contributed by atoms with van der Waals surface area (Å²) in [7, 11) is 1.64. The fourth-order valence-corrected chi connectivity index (χ4v) is 4.53. The molecule has 3 aromatic rings. The number of primary amides is 1. The van der Waals surface area contributed by atoms with E-state index in [1.54, 1.807) is 24.1 Å². The summed E-state index contributed by atoms with van der Waals surface area (Å²) in [6.07, 6.45) is 1.06. The molecule has 0 radical (unpaired) electrons. The normalized spacial score (nSPS) is 17.7. The second-order valence-electron chi connectivity index (χ2n) is 8.59. The average molecular weight is 447 g/mol. The van der Waals surface area contributed by atoms with Gasteiger partial charge in [0, 0.05) is 18.7 Å². The summed E-state index contributed by atoms with van der Waals surface area (Å²) in [5.41, 5.74) is 8.62. The van der Waals surface area contributed by atoms with Gasteiger partial charge in [0.05, 0.1) is 18.9 Å². The maximum absolute atomic E-state index is 13.5. The molecule has 3 aromatic carbocycles. The Kier molecular flexibility index (Phi) is 6.45. The Hall–Kier alpha value is -3.67.